The Bertz CT molecular complexity index is 631. The third-order valence-corrected chi connectivity index (χ3v) is 4.88. The van der Waals surface area contributed by atoms with E-state index in [4.69, 9.17) is 4.74 Å². The normalized spacial score (nSPS) is 19.2. The van der Waals surface area contributed by atoms with E-state index in [0.29, 0.717) is 18.8 Å². The van der Waals surface area contributed by atoms with Crippen LogP contribution in [-0.2, 0) is 21.3 Å². The average Bonchev–Trinajstić information content (AvgIpc) is 2.52. The molecule has 1 fully saturated rings. The van der Waals surface area contributed by atoms with E-state index in [9.17, 15) is 21.6 Å². The molecule has 0 aliphatic carbocycles. The predicted molar refractivity (Wildman–Crippen MR) is 80.0 cm³/mol. The monoisotopic (exact) mass is 368 g/mol. The number of pyridine rings is 1. The fraction of sp³-hybridized carbons (Fsp3) is 0.643. The van der Waals surface area contributed by atoms with Gasteiger partial charge in [-0.25, -0.2) is 18.1 Å². The van der Waals surface area contributed by atoms with Gasteiger partial charge in [0.05, 0.1) is 12.4 Å². The minimum Gasteiger partial charge on any atom is -0.468 e. The quantitative estimate of drug-likeness (QED) is 0.795. The van der Waals surface area contributed by atoms with Gasteiger partial charge in [0.25, 0.3) is 0 Å². The van der Waals surface area contributed by atoms with E-state index in [1.807, 2.05) is 0 Å². The standard InChI is InChI=1S/C14H19F3N2O4S/c15-14(16,17)10-23-13-6-11(3-4-18-13)7-19-24(20,21)9-12-2-1-5-22-8-12/h3-4,6,12,19H,1-2,5,7-10H2/t12-/m0/s1. The van der Waals surface area contributed by atoms with E-state index in [2.05, 4.69) is 14.4 Å². The maximum Gasteiger partial charge on any atom is 0.422 e. The van der Waals surface area contributed by atoms with Crippen LogP contribution < -0.4 is 9.46 Å². The molecule has 0 unspecified atom stereocenters. The lowest BCUT2D eigenvalue weighted by atomic mass is 10.1. The van der Waals surface area contributed by atoms with Gasteiger partial charge in [-0.15, -0.1) is 0 Å². The first-order valence-corrected chi connectivity index (χ1v) is 9.08. The first-order chi connectivity index (χ1) is 11.2. The maximum absolute atomic E-state index is 12.1. The molecule has 1 aliphatic rings. The zero-order chi connectivity index (χ0) is 17.6. The zero-order valence-corrected chi connectivity index (χ0v) is 13.7. The second kappa shape index (κ2) is 8.13. The highest BCUT2D eigenvalue weighted by molar-refractivity contribution is 7.89. The van der Waals surface area contributed by atoms with Gasteiger partial charge in [0, 0.05) is 25.4 Å². The third kappa shape index (κ3) is 7.02. The molecule has 10 heteroatoms. The van der Waals surface area contributed by atoms with Crippen LogP contribution in [-0.4, -0.2) is 45.2 Å². The molecule has 1 aromatic heterocycles. The maximum atomic E-state index is 12.1. The van der Waals surface area contributed by atoms with Crippen molar-refractivity contribution in [1.29, 1.82) is 0 Å². The Morgan fingerprint density at radius 2 is 2.21 bits per heavy atom. The van der Waals surface area contributed by atoms with Crippen molar-refractivity contribution in [3.05, 3.63) is 23.9 Å². The van der Waals surface area contributed by atoms with Crippen LogP contribution in [0.25, 0.3) is 0 Å². The molecule has 0 bridgehead atoms. The number of sulfonamides is 1. The number of nitrogens with zero attached hydrogens (tertiary/aromatic N) is 1. The van der Waals surface area contributed by atoms with Crippen LogP contribution in [0, 0.1) is 5.92 Å². The Hall–Kier alpha value is -1.39. The van der Waals surface area contributed by atoms with E-state index in [0.717, 1.165) is 12.8 Å². The van der Waals surface area contributed by atoms with Crippen molar-refractivity contribution in [3.8, 4) is 5.88 Å². The summed E-state index contributed by atoms with van der Waals surface area (Å²) in [6.07, 6.45) is -1.55. The number of hydrogen-bond donors (Lipinski definition) is 1. The van der Waals surface area contributed by atoms with Crippen LogP contribution >= 0.6 is 0 Å². The van der Waals surface area contributed by atoms with Gasteiger partial charge in [0.2, 0.25) is 15.9 Å². The van der Waals surface area contributed by atoms with Gasteiger partial charge in [0.1, 0.15) is 0 Å². The van der Waals surface area contributed by atoms with Crippen LogP contribution in [0.15, 0.2) is 18.3 Å². The molecule has 1 N–H and O–H groups in total. The minimum atomic E-state index is -4.46. The Morgan fingerprint density at radius 1 is 1.42 bits per heavy atom. The van der Waals surface area contributed by atoms with E-state index in [1.54, 1.807) is 0 Å². The molecule has 2 rings (SSSR count). The van der Waals surface area contributed by atoms with Gasteiger partial charge in [-0.1, -0.05) is 0 Å². The third-order valence-electron chi connectivity index (χ3n) is 3.39. The van der Waals surface area contributed by atoms with Crippen LogP contribution in [0.3, 0.4) is 0 Å². The van der Waals surface area contributed by atoms with Gasteiger partial charge in [-0.05, 0) is 30.4 Å². The molecule has 0 saturated carbocycles. The van der Waals surface area contributed by atoms with Crippen LogP contribution in [0.4, 0.5) is 13.2 Å². The van der Waals surface area contributed by atoms with Gasteiger partial charge < -0.3 is 9.47 Å². The molecular weight excluding hydrogens is 349 g/mol. The lowest BCUT2D eigenvalue weighted by Gasteiger charge is -2.21. The largest absolute Gasteiger partial charge is 0.468 e. The molecule has 1 saturated heterocycles. The number of aromatic nitrogens is 1. The fourth-order valence-corrected chi connectivity index (χ4v) is 3.68. The van der Waals surface area contributed by atoms with Crippen molar-refractivity contribution in [1.82, 2.24) is 9.71 Å². The topological polar surface area (TPSA) is 77.5 Å². The summed E-state index contributed by atoms with van der Waals surface area (Å²) in [5, 5.41) is 0. The van der Waals surface area contributed by atoms with Crippen molar-refractivity contribution in [2.75, 3.05) is 25.6 Å². The summed E-state index contributed by atoms with van der Waals surface area (Å²) in [6, 6.07) is 2.78. The Morgan fingerprint density at radius 3 is 2.88 bits per heavy atom. The fourth-order valence-electron chi connectivity index (χ4n) is 2.30. The SMILES string of the molecule is O=S(=O)(C[C@H]1CCCOC1)NCc1ccnc(OCC(F)(F)F)c1. The van der Waals surface area contributed by atoms with Crippen LogP contribution in [0.5, 0.6) is 5.88 Å². The molecule has 0 aromatic carbocycles. The van der Waals surface area contributed by atoms with E-state index in [1.165, 1.54) is 18.3 Å². The number of alkyl halides is 3. The molecule has 0 amide bonds. The van der Waals surface area contributed by atoms with Crippen molar-refractivity contribution < 1.29 is 31.1 Å². The van der Waals surface area contributed by atoms with E-state index >= 15 is 0 Å². The molecular formula is C14H19F3N2O4S. The van der Waals surface area contributed by atoms with E-state index < -0.39 is 22.8 Å². The number of nitrogens with one attached hydrogen (secondary N) is 1. The lowest BCUT2D eigenvalue weighted by molar-refractivity contribution is -0.154. The molecule has 136 valence electrons. The van der Waals surface area contributed by atoms with Crippen molar-refractivity contribution >= 4 is 10.0 Å². The van der Waals surface area contributed by atoms with Crippen LogP contribution in [0.1, 0.15) is 18.4 Å². The Kier molecular flexibility index (Phi) is 6.41. The highest BCUT2D eigenvalue weighted by atomic mass is 32.2. The van der Waals surface area contributed by atoms with Gasteiger partial charge >= 0.3 is 6.18 Å². The Labute approximate surface area is 138 Å². The number of ether oxygens (including phenoxy) is 2. The first kappa shape index (κ1) is 18.9. The molecule has 1 atom stereocenters. The van der Waals surface area contributed by atoms with Gasteiger partial charge in [-0.3, -0.25) is 0 Å². The second-order valence-corrected chi connectivity index (χ2v) is 7.44. The molecule has 0 spiro atoms. The number of halogens is 3. The van der Waals surface area contributed by atoms with Gasteiger partial charge in [0.15, 0.2) is 6.61 Å². The first-order valence-electron chi connectivity index (χ1n) is 7.43. The summed E-state index contributed by atoms with van der Waals surface area (Å²) in [5.41, 5.74) is 0.464. The molecule has 0 radical (unpaired) electrons. The van der Waals surface area contributed by atoms with E-state index in [-0.39, 0.29) is 24.1 Å². The highest BCUT2D eigenvalue weighted by Gasteiger charge is 2.28. The number of hydrogen-bond acceptors (Lipinski definition) is 5. The molecule has 2 heterocycles. The smallest absolute Gasteiger partial charge is 0.422 e. The number of rotatable bonds is 7. The summed E-state index contributed by atoms with van der Waals surface area (Å²) in [7, 11) is -3.50. The molecule has 1 aliphatic heterocycles. The summed E-state index contributed by atoms with van der Waals surface area (Å²) in [6.45, 7) is -0.412. The van der Waals surface area contributed by atoms with Crippen molar-refractivity contribution in [3.63, 3.8) is 0 Å². The van der Waals surface area contributed by atoms with Gasteiger partial charge in [-0.2, -0.15) is 13.2 Å². The Balaban J connectivity index is 1.86. The summed E-state index contributed by atoms with van der Waals surface area (Å²) >= 11 is 0. The molecule has 1 aromatic rings. The summed E-state index contributed by atoms with van der Waals surface area (Å²) in [4.78, 5) is 3.66. The summed E-state index contributed by atoms with van der Waals surface area (Å²) in [5.74, 6) is -0.278. The highest BCUT2D eigenvalue weighted by Crippen LogP contribution is 2.18. The summed E-state index contributed by atoms with van der Waals surface area (Å²) < 4.78 is 72.7. The zero-order valence-electron chi connectivity index (χ0n) is 12.9. The second-order valence-electron chi connectivity index (χ2n) is 5.59. The van der Waals surface area contributed by atoms with Crippen molar-refractivity contribution in [2.45, 2.75) is 25.6 Å². The van der Waals surface area contributed by atoms with Crippen molar-refractivity contribution in [2.24, 2.45) is 5.92 Å². The molecule has 6 nitrogen and oxygen atoms in total. The average molecular weight is 368 g/mol. The van der Waals surface area contributed by atoms with Crippen LogP contribution in [0.2, 0.25) is 0 Å². The predicted octanol–water partition coefficient (Wildman–Crippen LogP) is 1.87. The lowest BCUT2D eigenvalue weighted by Crippen LogP contribution is -2.32. The molecule has 24 heavy (non-hydrogen) atoms. The minimum absolute atomic E-state index is 0.0322.